The number of hydrogen-bond donors (Lipinski definition) is 11. The summed E-state index contributed by atoms with van der Waals surface area (Å²) in [4.78, 5) is 86.4. The van der Waals surface area contributed by atoms with E-state index in [1.54, 1.807) is 113 Å². The molecule has 0 saturated carbocycles. The third-order valence-corrected chi connectivity index (χ3v) is 14.9. The van der Waals surface area contributed by atoms with E-state index >= 15 is 0 Å². The summed E-state index contributed by atoms with van der Waals surface area (Å²) < 4.78 is 81.9. The fourth-order valence-corrected chi connectivity index (χ4v) is 9.01. The van der Waals surface area contributed by atoms with Gasteiger partial charge in [0, 0.05) is 71.8 Å². The van der Waals surface area contributed by atoms with E-state index in [9.17, 15) is 48.6 Å². The van der Waals surface area contributed by atoms with Crippen molar-refractivity contribution in [2.75, 3.05) is 121 Å². The molecule has 0 aliphatic heterocycles. The van der Waals surface area contributed by atoms with E-state index in [2.05, 4.69) is 23.7 Å². The van der Waals surface area contributed by atoms with Gasteiger partial charge in [0.15, 0.2) is 0 Å². The summed E-state index contributed by atoms with van der Waals surface area (Å²) >= 11 is 0. The third-order valence-electron chi connectivity index (χ3n) is 14.9. The lowest BCUT2D eigenvalue weighted by molar-refractivity contribution is 0.0591. The SMILES string of the molecule is COC(=O)c1cc(O)cc(O)c1.COC(=O)c1cc(O)cc(OC)c1.COC(=O)c1cc(O)cc(OC)c1.COC(=O)c1cc(OC)cc(OC)c1.COC(=O)c1cc(OC)cc(OC)c1.COc1cc(C=O)cc(OC)c1.COc1cc(CO)cc(OC)c1.COc1cc(O)cc(C=O)c1.COc1cc(O)cc(CO)c1.O=C(O)c1cc(O)cc(O)c1. The molecule has 0 aliphatic rings. The summed E-state index contributed by atoms with van der Waals surface area (Å²) in [5.74, 6) is 2.33. The van der Waals surface area contributed by atoms with Crippen LogP contribution < -0.4 is 56.8 Å². The Bertz CT molecular complexity index is 4680. The highest BCUT2D eigenvalue weighted by molar-refractivity contribution is 5.93. The second kappa shape index (κ2) is 57.4. The van der Waals surface area contributed by atoms with Gasteiger partial charge in [-0.2, -0.15) is 0 Å². The van der Waals surface area contributed by atoms with Crippen LogP contribution in [0.4, 0.5) is 0 Å². The van der Waals surface area contributed by atoms with Crippen LogP contribution in [0.15, 0.2) is 182 Å². The number of carboxylic acids is 1. The topological polar surface area (TPSA) is 516 Å². The van der Waals surface area contributed by atoms with Crippen molar-refractivity contribution in [3.8, 4) is 115 Å². The number of carbonyl (C=O) groups excluding carboxylic acids is 7. The first-order chi connectivity index (χ1) is 58.6. The predicted molar refractivity (Wildman–Crippen MR) is 443 cm³/mol. The maximum atomic E-state index is 11.2. The summed E-state index contributed by atoms with van der Waals surface area (Å²) in [5.41, 5.74) is 3.70. The van der Waals surface area contributed by atoms with E-state index in [-0.39, 0.29) is 81.5 Å². The zero-order valence-electron chi connectivity index (χ0n) is 70.0. The normalized spacial score (nSPS) is 9.39. The van der Waals surface area contributed by atoms with E-state index < -0.39 is 35.8 Å². The molecule has 0 aromatic heterocycles. The van der Waals surface area contributed by atoms with Crippen LogP contribution in [-0.2, 0) is 36.9 Å². The maximum Gasteiger partial charge on any atom is 0.338 e. The van der Waals surface area contributed by atoms with Crippen LogP contribution in [0.5, 0.6) is 115 Å². The number of benzene rings is 10. The van der Waals surface area contributed by atoms with Crippen molar-refractivity contribution in [1.29, 1.82) is 0 Å². The van der Waals surface area contributed by atoms with E-state index in [0.29, 0.717) is 103 Å². The minimum absolute atomic E-state index is 0.00639. The van der Waals surface area contributed by atoms with Crippen molar-refractivity contribution in [2.24, 2.45) is 0 Å². The van der Waals surface area contributed by atoms with Crippen LogP contribution in [0.1, 0.15) is 94.0 Å². The number of aldehydes is 2. The molecule has 11 N–H and O–H groups in total. The van der Waals surface area contributed by atoms with Crippen molar-refractivity contribution >= 4 is 48.4 Å². The quantitative estimate of drug-likeness (QED) is 0.0170. The Morgan fingerprint density at radius 3 is 0.626 bits per heavy atom. The Morgan fingerprint density at radius 1 is 0.220 bits per heavy atom. The van der Waals surface area contributed by atoms with E-state index in [1.807, 2.05) is 0 Å². The average molecular weight is 1720 g/mol. The first kappa shape index (κ1) is 105. The molecule has 123 heavy (non-hydrogen) atoms. The molecule has 0 heterocycles. The molecular weight excluding hydrogens is 1620 g/mol. The minimum atomic E-state index is -1.18. The molecule has 0 unspecified atom stereocenters. The van der Waals surface area contributed by atoms with Gasteiger partial charge in [-0.3, -0.25) is 9.59 Å². The van der Waals surface area contributed by atoms with Gasteiger partial charge in [-0.25, -0.2) is 28.8 Å². The number of ether oxygens (including phenoxy) is 17. The lowest BCUT2D eigenvalue weighted by atomic mass is 10.2. The van der Waals surface area contributed by atoms with Crippen molar-refractivity contribution in [2.45, 2.75) is 13.2 Å². The molecule has 36 heteroatoms. The van der Waals surface area contributed by atoms with Gasteiger partial charge < -0.3 is 137 Å². The lowest BCUT2D eigenvalue weighted by Gasteiger charge is -2.06. The van der Waals surface area contributed by atoms with Gasteiger partial charge in [0.2, 0.25) is 0 Å². The number of aliphatic hydroxyl groups is 2. The second-order valence-corrected chi connectivity index (χ2v) is 23.2. The third kappa shape index (κ3) is 39.9. The Kier molecular flexibility index (Phi) is 49.1. The molecule has 0 spiro atoms. The highest BCUT2D eigenvalue weighted by Gasteiger charge is 2.15. The number of hydrogen-bond acceptors (Lipinski definition) is 35. The van der Waals surface area contributed by atoms with Crippen molar-refractivity contribution in [1.82, 2.24) is 0 Å². The predicted octanol–water partition coefficient (Wildman–Crippen LogP) is 11.9. The first-order valence-corrected chi connectivity index (χ1v) is 34.9. The number of aromatic hydroxyl groups is 8. The molecule has 0 fully saturated rings. The number of phenolic OH excluding ortho intramolecular Hbond substituents is 8. The number of rotatable bonds is 22. The Balaban J connectivity index is 0.000000684. The molecule has 0 bridgehead atoms. The van der Waals surface area contributed by atoms with Crippen LogP contribution in [0.25, 0.3) is 0 Å². The summed E-state index contributed by atoms with van der Waals surface area (Å²) in [6.07, 6.45) is 1.41. The monoisotopic (exact) mass is 1720 g/mol. The largest absolute Gasteiger partial charge is 0.508 e. The summed E-state index contributed by atoms with van der Waals surface area (Å²) in [7, 11) is 24.7. The molecule has 0 amide bonds. The average Bonchev–Trinajstić information content (AvgIpc) is 0.790. The highest BCUT2D eigenvalue weighted by Crippen LogP contribution is 2.30. The van der Waals surface area contributed by atoms with Crippen molar-refractivity contribution in [3.63, 3.8) is 0 Å². The van der Waals surface area contributed by atoms with Gasteiger partial charge in [-0.1, -0.05) is 0 Å². The molecule has 0 atom stereocenters. The van der Waals surface area contributed by atoms with Crippen molar-refractivity contribution in [3.05, 3.63) is 238 Å². The summed E-state index contributed by atoms with van der Waals surface area (Å²) in [6.45, 7) is -0.0989. The van der Waals surface area contributed by atoms with E-state index in [4.69, 9.17) is 103 Å². The van der Waals surface area contributed by atoms with Gasteiger partial charge in [0.05, 0.1) is 167 Å². The number of esters is 5. The number of aliphatic hydroxyl groups excluding tert-OH is 2. The van der Waals surface area contributed by atoms with Crippen molar-refractivity contribution < 1.29 is 175 Å². The van der Waals surface area contributed by atoms with Crippen LogP contribution in [0.3, 0.4) is 0 Å². The van der Waals surface area contributed by atoms with Crippen LogP contribution in [-0.4, -0.2) is 225 Å². The fourth-order valence-electron chi connectivity index (χ4n) is 9.01. The standard InChI is InChI=1S/2C10H12O4.2C9H10O4.C9H12O3.C9H10O3.C8H8O4.C8H10O3.C8H8O3.C7H6O4/c2*1-12-8-4-7(10(11)14-3)5-9(6-8)13-2;2*1-12-8-4-6(9(11)13-2)3-7(10)5-8;2*1-11-8-3-7(6-10)4-9(5-8)12-2;1-12-8(11)5-2-6(9)4-7(10)3-5;2*1-11-8-3-6(5-9)2-7(10)4-8;8-5-1-4(7(10)11)2-6(9)3-5/h2*4-6H,1-3H3;2*3-5,10H,1-2H3;3-5,10H,6H2,1-2H3;3-6H,1-2H3;2-4,9-10H,1H3;2-4,9-10H,5H2,1H3;2-5,10H,1H3;1-3,8-9H,(H,10,11). The number of carboxylic acid groups (broad SMARTS) is 1. The van der Waals surface area contributed by atoms with Gasteiger partial charge in [0.1, 0.15) is 128 Å². The molecule has 10 aromatic rings. The maximum absolute atomic E-state index is 11.2. The molecule has 0 saturated heterocycles. The minimum Gasteiger partial charge on any atom is -0.508 e. The Morgan fingerprint density at radius 2 is 0.390 bits per heavy atom. The van der Waals surface area contributed by atoms with Gasteiger partial charge >= 0.3 is 35.8 Å². The fraction of sp³-hybridized carbons (Fsp3) is 0.218. The number of methoxy groups -OCH3 is 17. The van der Waals surface area contributed by atoms with Gasteiger partial charge in [-0.05, 0) is 132 Å². The molecule has 10 aromatic carbocycles. The highest BCUT2D eigenvalue weighted by atomic mass is 16.6. The molecule has 662 valence electrons. The van der Waals surface area contributed by atoms with Gasteiger partial charge in [-0.15, -0.1) is 0 Å². The number of carbonyl (C=O) groups is 8. The molecule has 0 radical (unpaired) electrons. The first-order valence-electron chi connectivity index (χ1n) is 34.9. The molecule has 0 aliphatic carbocycles. The molecule has 36 nitrogen and oxygen atoms in total. The summed E-state index contributed by atoms with van der Waals surface area (Å²) in [5, 5.41) is 98.0. The molecular formula is C87H98O36. The smallest absolute Gasteiger partial charge is 0.338 e. The zero-order valence-corrected chi connectivity index (χ0v) is 70.0. The van der Waals surface area contributed by atoms with E-state index in [0.717, 1.165) is 36.1 Å². The molecule has 10 rings (SSSR count). The van der Waals surface area contributed by atoms with Crippen LogP contribution >= 0.6 is 0 Å². The Labute approximate surface area is 707 Å². The summed E-state index contributed by atoms with van der Waals surface area (Å²) in [6, 6.07) is 44.2. The van der Waals surface area contributed by atoms with E-state index in [1.165, 1.54) is 165 Å². The van der Waals surface area contributed by atoms with Crippen LogP contribution in [0, 0.1) is 0 Å². The number of aromatic carboxylic acids is 1. The Hall–Kier alpha value is -15.7. The van der Waals surface area contributed by atoms with Crippen LogP contribution in [0.2, 0.25) is 0 Å². The lowest BCUT2D eigenvalue weighted by Crippen LogP contribution is -2.02. The van der Waals surface area contributed by atoms with Gasteiger partial charge in [0.25, 0.3) is 0 Å². The number of phenols is 8. The zero-order chi connectivity index (χ0) is 92.8. The second-order valence-electron chi connectivity index (χ2n) is 23.2.